The average molecular weight is 270 g/mol. The van der Waals surface area contributed by atoms with Crippen LogP contribution in [-0.2, 0) is 0 Å². The van der Waals surface area contributed by atoms with Crippen molar-refractivity contribution in [1.82, 2.24) is 9.88 Å². The Kier molecular flexibility index (Phi) is 3.40. The zero-order valence-electron chi connectivity index (χ0n) is 11.5. The molecule has 1 saturated heterocycles. The van der Waals surface area contributed by atoms with Gasteiger partial charge in [0.05, 0.1) is 17.2 Å². The molecule has 1 aromatic carbocycles. The molecule has 4 nitrogen and oxygen atoms in total. The largest absolute Gasteiger partial charge is 0.393 e. The van der Waals surface area contributed by atoms with Crippen LogP contribution in [-0.4, -0.2) is 40.1 Å². The molecule has 1 aliphatic heterocycles. The number of likely N-dealkylation sites (tertiary alicyclic amines) is 1. The Balaban J connectivity index is 1.90. The average Bonchev–Trinajstić information content (AvgIpc) is 2.96. The Morgan fingerprint density at radius 3 is 2.95 bits per heavy atom. The molecule has 1 aliphatic rings. The zero-order valence-corrected chi connectivity index (χ0v) is 11.5. The SMILES string of the molecule is CC(O)C1CCN(C(=O)c2ccnc3ccccc23)C1. The van der Waals surface area contributed by atoms with Gasteiger partial charge in [0.15, 0.2) is 0 Å². The van der Waals surface area contributed by atoms with E-state index in [2.05, 4.69) is 4.98 Å². The number of carbonyl (C=O) groups excluding carboxylic acids is 1. The van der Waals surface area contributed by atoms with Gasteiger partial charge in [0.1, 0.15) is 0 Å². The van der Waals surface area contributed by atoms with Gasteiger partial charge in [-0.25, -0.2) is 0 Å². The normalized spacial score (nSPS) is 20.3. The predicted molar refractivity (Wildman–Crippen MR) is 77.4 cm³/mol. The molecule has 2 atom stereocenters. The zero-order chi connectivity index (χ0) is 14.1. The number of fused-ring (bicyclic) bond motifs is 1. The third-order valence-electron chi connectivity index (χ3n) is 4.07. The van der Waals surface area contributed by atoms with Crippen molar-refractivity contribution >= 4 is 16.8 Å². The third kappa shape index (κ3) is 2.27. The minimum absolute atomic E-state index is 0.0340. The fourth-order valence-electron chi connectivity index (χ4n) is 2.82. The van der Waals surface area contributed by atoms with Gasteiger partial charge < -0.3 is 10.0 Å². The van der Waals surface area contributed by atoms with E-state index in [4.69, 9.17) is 0 Å². The van der Waals surface area contributed by atoms with E-state index in [1.54, 1.807) is 19.2 Å². The summed E-state index contributed by atoms with van der Waals surface area (Å²) in [5.41, 5.74) is 1.53. The van der Waals surface area contributed by atoms with Crippen LogP contribution in [0.3, 0.4) is 0 Å². The van der Waals surface area contributed by atoms with E-state index >= 15 is 0 Å². The summed E-state index contributed by atoms with van der Waals surface area (Å²) in [6.07, 6.45) is 2.19. The molecule has 0 saturated carbocycles. The summed E-state index contributed by atoms with van der Waals surface area (Å²) in [7, 11) is 0. The standard InChI is InChI=1S/C16H18N2O2/c1-11(19)12-7-9-18(10-12)16(20)14-6-8-17-15-5-3-2-4-13(14)15/h2-6,8,11-12,19H,7,9-10H2,1H3. The minimum Gasteiger partial charge on any atom is -0.393 e. The summed E-state index contributed by atoms with van der Waals surface area (Å²) in [5.74, 6) is 0.221. The fraction of sp³-hybridized carbons (Fsp3) is 0.375. The van der Waals surface area contributed by atoms with Gasteiger partial charge in [0.25, 0.3) is 5.91 Å². The van der Waals surface area contributed by atoms with E-state index < -0.39 is 0 Å². The highest BCUT2D eigenvalue weighted by atomic mass is 16.3. The number of aliphatic hydroxyl groups is 1. The second-order valence-corrected chi connectivity index (χ2v) is 5.42. The highest BCUT2D eigenvalue weighted by molar-refractivity contribution is 6.06. The molecule has 2 unspecified atom stereocenters. The van der Waals surface area contributed by atoms with Gasteiger partial charge >= 0.3 is 0 Å². The number of para-hydroxylation sites is 1. The topological polar surface area (TPSA) is 53.4 Å². The van der Waals surface area contributed by atoms with Crippen LogP contribution in [0.2, 0.25) is 0 Å². The van der Waals surface area contributed by atoms with Crippen molar-refractivity contribution in [3.05, 3.63) is 42.1 Å². The van der Waals surface area contributed by atoms with Gasteiger partial charge in [-0.05, 0) is 25.5 Å². The van der Waals surface area contributed by atoms with Crippen molar-refractivity contribution in [1.29, 1.82) is 0 Å². The predicted octanol–water partition coefficient (Wildman–Crippen LogP) is 2.08. The van der Waals surface area contributed by atoms with Gasteiger partial charge in [0, 0.05) is 30.6 Å². The van der Waals surface area contributed by atoms with E-state index in [0.29, 0.717) is 18.7 Å². The molecule has 2 heterocycles. The van der Waals surface area contributed by atoms with Crippen LogP contribution >= 0.6 is 0 Å². The van der Waals surface area contributed by atoms with Crippen molar-refractivity contribution in [2.45, 2.75) is 19.4 Å². The second-order valence-electron chi connectivity index (χ2n) is 5.42. The molecule has 1 amide bonds. The van der Waals surface area contributed by atoms with E-state index in [0.717, 1.165) is 17.3 Å². The number of aromatic nitrogens is 1. The van der Waals surface area contributed by atoms with Crippen LogP contribution in [0.4, 0.5) is 0 Å². The first kappa shape index (κ1) is 13.1. The van der Waals surface area contributed by atoms with Crippen LogP contribution in [0.25, 0.3) is 10.9 Å². The Morgan fingerprint density at radius 1 is 1.40 bits per heavy atom. The number of nitrogens with zero attached hydrogens (tertiary/aromatic N) is 2. The number of hydrogen-bond donors (Lipinski definition) is 1. The van der Waals surface area contributed by atoms with Gasteiger partial charge in [-0.3, -0.25) is 9.78 Å². The number of rotatable bonds is 2. The van der Waals surface area contributed by atoms with Gasteiger partial charge in [0.2, 0.25) is 0 Å². The first-order valence-electron chi connectivity index (χ1n) is 6.98. The van der Waals surface area contributed by atoms with Crippen molar-refractivity contribution in [2.75, 3.05) is 13.1 Å². The molecular formula is C16H18N2O2. The smallest absolute Gasteiger partial charge is 0.254 e. The summed E-state index contributed by atoms with van der Waals surface area (Å²) in [4.78, 5) is 18.8. The molecule has 104 valence electrons. The van der Waals surface area contributed by atoms with Crippen LogP contribution in [0.5, 0.6) is 0 Å². The molecule has 20 heavy (non-hydrogen) atoms. The highest BCUT2D eigenvalue weighted by Crippen LogP contribution is 2.24. The van der Waals surface area contributed by atoms with Crippen molar-refractivity contribution in [3.8, 4) is 0 Å². The summed E-state index contributed by atoms with van der Waals surface area (Å²) in [6.45, 7) is 3.14. The number of pyridine rings is 1. The summed E-state index contributed by atoms with van der Waals surface area (Å²) in [5, 5.41) is 10.5. The van der Waals surface area contributed by atoms with Gasteiger partial charge in [-0.1, -0.05) is 18.2 Å². The van der Waals surface area contributed by atoms with Crippen LogP contribution in [0.15, 0.2) is 36.5 Å². The number of hydrogen-bond acceptors (Lipinski definition) is 3. The quantitative estimate of drug-likeness (QED) is 0.909. The lowest BCUT2D eigenvalue weighted by molar-refractivity contribution is 0.0764. The Morgan fingerprint density at radius 2 is 2.20 bits per heavy atom. The molecule has 4 heteroatoms. The lowest BCUT2D eigenvalue weighted by Crippen LogP contribution is -2.30. The molecule has 0 bridgehead atoms. The van der Waals surface area contributed by atoms with E-state index in [9.17, 15) is 9.90 Å². The van der Waals surface area contributed by atoms with Crippen LogP contribution in [0, 0.1) is 5.92 Å². The molecule has 3 rings (SSSR count). The monoisotopic (exact) mass is 270 g/mol. The lowest BCUT2D eigenvalue weighted by Gasteiger charge is -2.18. The number of aliphatic hydroxyl groups excluding tert-OH is 1. The third-order valence-corrected chi connectivity index (χ3v) is 4.07. The molecule has 0 radical (unpaired) electrons. The molecule has 1 N–H and O–H groups in total. The summed E-state index contributed by atoms with van der Waals surface area (Å²) >= 11 is 0. The molecule has 0 spiro atoms. The maximum absolute atomic E-state index is 12.6. The van der Waals surface area contributed by atoms with E-state index in [1.165, 1.54) is 0 Å². The molecular weight excluding hydrogens is 252 g/mol. The highest BCUT2D eigenvalue weighted by Gasteiger charge is 2.30. The summed E-state index contributed by atoms with van der Waals surface area (Å²) in [6, 6.07) is 9.46. The molecule has 2 aromatic rings. The molecule has 0 aliphatic carbocycles. The van der Waals surface area contributed by atoms with Gasteiger partial charge in [-0.2, -0.15) is 0 Å². The maximum atomic E-state index is 12.6. The number of benzene rings is 1. The van der Waals surface area contributed by atoms with Gasteiger partial charge in [-0.15, -0.1) is 0 Å². The first-order chi connectivity index (χ1) is 9.66. The second kappa shape index (κ2) is 5.21. The maximum Gasteiger partial charge on any atom is 0.254 e. The van der Waals surface area contributed by atoms with Crippen LogP contribution < -0.4 is 0 Å². The Bertz CT molecular complexity index is 634. The number of carbonyl (C=O) groups is 1. The lowest BCUT2D eigenvalue weighted by atomic mass is 10.0. The van der Waals surface area contributed by atoms with Crippen LogP contribution in [0.1, 0.15) is 23.7 Å². The van der Waals surface area contributed by atoms with E-state index in [1.807, 2.05) is 29.2 Å². The minimum atomic E-state index is -0.359. The van der Waals surface area contributed by atoms with E-state index in [-0.39, 0.29) is 17.9 Å². The summed E-state index contributed by atoms with van der Waals surface area (Å²) < 4.78 is 0. The number of amides is 1. The van der Waals surface area contributed by atoms with Crippen molar-refractivity contribution in [3.63, 3.8) is 0 Å². The first-order valence-corrected chi connectivity index (χ1v) is 6.98. The van der Waals surface area contributed by atoms with Crippen molar-refractivity contribution < 1.29 is 9.90 Å². The molecule has 1 aromatic heterocycles. The molecule has 1 fully saturated rings. The van der Waals surface area contributed by atoms with Crippen molar-refractivity contribution in [2.24, 2.45) is 5.92 Å². The Labute approximate surface area is 118 Å². The fourth-order valence-corrected chi connectivity index (χ4v) is 2.82. The Hall–Kier alpha value is -1.94.